The van der Waals surface area contributed by atoms with Crippen LogP contribution in [-0.2, 0) is 6.42 Å². The number of halogens is 1. The molecule has 0 bridgehead atoms. The number of hydrogen-bond acceptors (Lipinski definition) is 2. The fourth-order valence-electron chi connectivity index (χ4n) is 2.61. The van der Waals surface area contributed by atoms with E-state index in [4.69, 9.17) is 16.3 Å². The Balaban J connectivity index is 2.48. The van der Waals surface area contributed by atoms with Gasteiger partial charge in [-0.2, -0.15) is 0 Å². The van der Waals surface area contributed by atoms with Gasteiger partial charge in [-0.05, 0) is 41.8 Å². The van der Waals surface area contributed by atoms with Crippen molar-refractivity contribution in [3.8, 4) is 5.75 Å². The molecule has 2 aromatic rings. The second-order valence-corrected chi connectivity index (χ2v) is 5.34. The molecule has 0 fully saturated rings. The fourth-order valence-corrected chi connectivity index (χ4v) is 2.80. The molecular weight excluding hydrogens is 282 g/mol. The van der Waals surface area contributed by atoms with Crippen molar-refractivity contribution in [1.82, 2.24) is 5.32 Å². The zero-order valence-corrected chi connectivity index (χ0v) is 13.6. The Hall–Kier alpha value is -1.51. The predicted molar refractivity (Wildman–Crippen MR) is 89.3 cm³/mol. The van der Waals surface area contributed by atoms with Gasteiger partial charge in [-0.3, -0.25) is 0 Å². The Morgan fingerprint density at radius 1 is 1.14 bits per heavy atom. The third-order valence-electron chi connectivity index (χ3n) is 3.66. The van der Waals surface area contributed by atoms with E-state index in [9.17, 15) is 0 Å². The van der Waals surface area contributed by atoms with Gasteiger partial charge in [0.1, 0.15) is 5.75 Å². The molecule has 0 aliphatic rings. The van der Waals surface area contributed by atoms with Crippen molar-refractivity contribution in [2.45, 2.75) is 26.3 Å². The first kappa shape index (κ1) is 15.9. The third-order valence-corrected chi connectivity index (χ3v) is 3.98. The number of ether oxygens (including phenoxy) is 1. The lowest BCUT2D eigenvalue weighted by molar-refractivity contribution is 0.414. The minimum atomic E-state index is 0.150. The zero-order chi connectivity index (χ0) is 15.2. The Bertz CT molecular complexity index is 598. The Morgan fingerprint density at radius 3 is 2.57 bits per heavy atom. The summed E-state index contributed by atoms with van der Waals surface area (Å²) >= 11 is 6.14. The first-order valence-corrected chi connectivity index (χ1v) is 7.73. The summed E-state index contributed by atoms with van der Waals surface area (Å²) in [6.07, 6.45) is 1.02. The van der Waals surface area contributed by atoms with Crippen molar-refractivity contribution in [3.05, 3.63) is 64.2 Å². The molecule has 21 heavy (non-hydrogen) atoms. The third kappa shape index (κ3) is 3.58. The molecule has 0 spiro atoms. The molecule has 1 atom stereocenters. The number of hydrogen-bond donors (Lipinski definition) is 1. The molecule has 112 valence electrons. The van der Waals surface area contributed by atoms with Crippen molar-refractivity contribution in [2.75, 3.05) is 13.7 Å². The first-order valence-electron chi connectivity index (χ1n) is 7.35. The number of benzene rings is 2. The highest BCUT2D eigenvalue weighted by molar-refractivity contribution is 6.32. The maximum Gasteiger partial charge on any atom is 0.137 e. The van der Waals surface area contributed by atoms with E-state index in [1.54, 1.807) is 7.11 Å². The van der Waals surface area contributed by atoms with Crippen LogP contribution in [0.3, 0.4) is 0 Å². The summed E-state index contributed by atoms with van der Waals surface area (Å²) in [5.41, 5.74) is 3.84. The first-order chi connectivity index (χ1) is 10.2. The molecule has 0 saturated carbocycles. The van der Waals surface area contributed by atoms with Crippen molar-refractivity contribution in [3.63, 3.8) is 0 Å². The average Bonchev–Trinajstić information content (AvgIpc) is 2.53. The van der Waals surface area contributed by atoms with Crippen LogP contribution >= 0.6 is 11.6 Å². The van der Waals surface area contributed by atoms with E-state index in [2.05, 4.69) is 49.5 Å². The molecule has 0 aliphatic carbocycles. The molecule has 2 nitrogen and oxygen atoms in total. The summed E-state index contributed by atoms with van der Waals surface area (Å²) in [4.78, 5) is 0. The molecule has 3 heteroatoms. The van der Waals surface area contributed by atoms with Crippen LogP contribution in [0.2, 0.25) is 5.02 Å². The standard InChI is InChI=1S/C18H22ClNO/c1-4-13-8-6-7-9-15(13)18(20-5-2)14-10-11-16(19)17(12-14)21-3/h6-12,18,20H,4-5H2,1-3H3. The second-order valence-electron chi connectivity index (χ2n) is 4.94. The smallest absolute Gasteiger partial charge is 0.137 e. The van der Waals surface area contributed by atoms with Crippen LogP contribution in [0.1, 0.15) is 36.6 Å². The molecule has 0 aliphatic heterocycles. The minimum absolute atomic E-state index is 0.150. The summed E-state index contributed by atoms with van der Waals surface area (Å²) < 4.78 is 5.35. The van der Waals surface area contributed by atoms with Gasteiger partial charge in [0.25, 0.3) is 0 Å². The van der Waals surface area contributed by atoms with Gasteiger partial charge in [-0.25, -0.2) is 0 Å². The fraction of sp³-hybridized carbons (Fsp3) is 0.333. The van der Waals surface area contributed by atoms with E-state index in [0.717, 1.165) is 13.0 Å². The van der Waals surface area contributed by atoms with Gasteiger partial charge >= 0.3 is 0 Å². The predicted octanol–water partition coefficient (Wildman–Crippen LogP) is 4.61. The lowest BCUT2D eigenvalue weighted by atomic mass is 9.93. The van der Waals surface area contributed by atoms with Gasteiger partial charge in [0.2, 0.25) is 0 Å². The van der Waals surface area contributed by atoms with Crippen LogP contribution in [-0.4, -0.2) is 13.7 Å². The maximum absolute atomic E-state index is 6.14. The molecule has 0 aromatic heterocycles. The van der Waals surface area contributed by atoms with E-state index < -0.39 is 0 Å². The molecular formula is C18H22ClNO. The van der Waals surface area contributed by atoms with Gasteiger partial charge in [-0.1, -0.05) is 55.8 Å². The van der Waals surface area contributed by atoms with Crippen molar-refractivity contribution < 1.29 is 4.74 Å². The highest BCUT2D eigenvalue weighted by atomic mass is 35.5. The van der Waals surface area contributed by atoms with Gasteiger partial charge in [-0.15, -0.1) is 0 Å². The van der Waals surface area contributed by atoms with E-state index in [1.807, 2.05) is 12.1 Å². The van der Waals surface area contributed by atoms with Crippen LogP contribution in [0.25, 0.3) is 0 Å². The van der Waals surface area contributed by atoms with Crippen molar-refractivity contribution >= 4 is 11.6 Å². The molecule has 0 heterocycles. The summed E-state index contributed by atoms with van der Waals surface area (Å²) in [5, 5.41) is 4.20. The van der Waals surface area contributed by atoms with Crippen molar-refractivity contribution in [2.24, 2.45) is 0 Å². The SMILES string of the molecule is CCNC(c1ccc(Cl)c(OC)c1)c1ccccc1CC. The molecule has 0 saturated heterocycles. The Morgan fingerprint density at radius 2 is 1.90 bits per heavy atom. The minimum Gasteiger partial charge on any atom is -0.495 e. The van der Waals surface area contributed by atoms with Crippen LogP contribution in [0.4, 0.5) is 0 Å². The zero-order valence-electron chi connectivity index (χ0n) is 12.8. The van der Waals surface area contributed by atoms with Gasteiger partial charge in [0.05, 0.1) is 18.2 Å². The summed E-state index contributed by atoms with van der Waals surface area (Å²) in [6.45, 7) is 5.20. The highest BCUT2D eigenvalue weighted by Crippen LogP contribution is 2.31. The van der Waals surface area contributed by atoms with Gasteiger partial charge in [0.15, 0.2) is 0 Å². The summed E-state index contributed by atoms with van der Waals surface area (Å²) in [5.74, 6) is 0.714. The summed E-state index contributed by atoms with van der Waals surface area (Å²) in [7, 11) is 1.65. The average molecular weight is 304 g/mol. The molecule has 2 rings (SSSR count). The highest BCUT2D eigenvalue weighted by Gasteiger charge is 2.17. The van der Waals surface area contributed by atoms with Crippen LogP contribution in [0.5, 0.6) is 5.75 Å². The molecule has 0 radical (unpaired) electrons. The topological polar surface area (TPSA) is 21.3 Å². The van der Waals surface area contributed by atoms with Crippen LogP contribution in [0.15, 0.2) is 42.5 Å². The monoisotopic (exact) mass is 303 g/mol. The second kappa shape index (κ2) is 7.48. The van der Waals surface area contributed by atoms with E-state index >= 15 is 0 Å². The molecule has 2 aromatic carbocycles. The number of methoxy groups -OCH3 is 1. The van der Waals surface area contributed by atoms with Gasteiger partial charge in [0, 0.05) is 0 Å². The number of rotatable bonds is 6. The van der Waals surface area contributed by atoms with Crippen LogP contribution < -0.4 is 10.1 Å². The van der Waals surface area contributed by atoms with E-state index in [0.29, 0.717) is 10.8 Å². The number of nitrogens with one attached hydrogen (secondary N) is 1. The van der Waals surface area contributed by atoms with Crippen molar-refractivity contribution in [1.29, 1.82) is 0 Å². The van der Waals surface area contributed by atoms with Crippen LogP contribution in [0, 0.1) is 0 Å². The number of aryl methyl sites for hydroxylation is 1. The normalized spacial score (nSPS) is 12.2. The van der Waals surface area contributed by atoms with E-state index in [1.165, 1.54) is 16.7 Å². The molecule has 1 N–H and O–H groups in total. The molecule has 1 unspecified atom stereocenters. The maximum atomic E-state index is 6.14. The van der Waals surface area contributed by atoms with E-state index in [-0.39, 0.29) is 6.04 Å². The molecule has 0 amide bonds. The lowest BCUT2D eigenvalue weighted by Crippen LogP contribution is -2.23. The quantitative estimate of drug-likeness (QED) is 0.841. The lowest BCUT2D eigenvalue weighted by Gasteiger charge is -2.22. The van der Waals surface area contributed by atoms with Gasteiger partial charge < -0.3 is 10.1 Å². The summed E-state index contributed by atoms with van der Waals surface area (Å²) in [6, 6.07) is 14.7. The Kier molecular flexibility index (Phi) is 5.66. The Labute approximate surface area is 132 Å². The largest absolute Gasteiger partial charge is 0.495 e.